The van der Waals surface area contributed by atoms with Crippen LogP contribution in [0.5, 0.6) is 11.5 Å². The Bertz CT molecular complexity index is 1070. The average molecular weight is 361 g/mol. The summed E-state index contributed by atoms with van der Waals surface area (Å²) in [5.74, 6) is -0.383. The van der Waals surface area contributed by atoms with Crippen LogP contribution in [-0.4, -0.2) is 18.5 Å². The molecule has 0 fully saturated rings. The summed E-state index contributed by atoms with van der Waals surface area (Å²) in [6.45, 7) is 1.94. The van der Waals surface area contributed by atoms with E-state index in [0.29, 0.717) is 17.4 Å². The molecule has 1 aromatic carbocycles. The summed E-state index contributed by atoms with van der Waals surface area (Å²) in [6.07, 6.45) is 3.93. The van der Waals surface area contributed by atoms with Gasteiger partial charge in [0.25, 0.3) is 0 Å². The molecule has 0 bridgehead atoms. The fourth-order valence-corrected chi connectivity index (χ4v) is 3.40. The van der Waals surface area contributed by atoms with E-state index in [1.54, 1.807) is 0 Å². The molecular formula is C17H15NO6S. The topological polar surface area (TPSA) is 107 Å². The second-order valence-electron chi connectivity index (χ2n) is 5.38. The summed E-state index contributed by atoms with van der Waals surface area (Å²) >= 11 is 0. The number of pyridine rings is 1. The molecular weight excluding hydrogens is 346 g/mol. The molecule has 8 heteroatoms. The predicted octanol–water partition coefficient (Wildman–Crippen LogP) is 2.61. The number of fused-ring (bicyclic) bond motifs is 1. The molecule has 0 radical (unpaired) electrons. The summed E-state index contributed by atoms with van der Waals surface area (Å²) in [5.41, 5.74) is 0.114. The number of hydrogen-bond acceptors (Lipinski definition) is 7. The van der Waals surface area contributed by atoms with Crippen LogP contribution in [0.3, 0.4) is 0 Å². The van der Waals surface area contributed by atoms with E-state index in [9.17, 15) is 18.3 Å². The first-order valence-corrected chi connectivity index (χ1v) is 8.96. The normalized spacial score (nSPS) is 11.6. The highest BCUT2D eigenvalue weighted by molar-refractivity contribution is 7.87. The van der Waals surface area contributed by atoms with Gasteiger partial charge in [-0.1, -0.05) is 13.3 Å². The molecule has 0 aliphatic heterocycles. The zero-order valence-electron chi connectivity index (χ0n) is 13.3. The standard InChI is InChI=1S/C17H15NO6S/c1-2-4-11-7-16(20)23-15-9-12(8-14(19)17(11)15)24-25(21,22)13-5-3-6-18-10-13/h3,5-10,19H,2,4H2,1H3. The number of hydrogen-bond donors (Lipinski definition) is 1. The second kappa shape index (κ2) is 6.56. The van der Waals surface area contributed by atoms with Gasteiger partial charge in [0.1, 0.15) is 22.0 Å². The fourth-order valence-electron chi connectivity index (χ4n) is 2.52. The van der Waals surface area contributed by atoms with E-state index in [0.717, 1.165) is 12.6 Å². The van der Waals surface area contributed by atoms with Crippen LogP contribution in [0.25, 0.3) is 11.0 Å². The van der Waals surface area contributed by atoms with Gasteiger partial charge in [-0.25, -0.2) is 4.79 Å². The average Bonchev–Trinajstić information content (AvgIpc) is 2.54. The highest BCUT2D eigenvalue weighted by Crippen LogP contribution is 2.33. The van der Waals surface area contributed by atoms with Crippen LogP contribution in [0.1, 0.15) is 18.9 Å². The van der Waals surface area contributed by atoms with Gasteiger partial charge >= 0.3 is 15.7 Å². The van der Waals surface area contributed by atoms with Crippen LogP contribution < -0.4 is 9.81 Å². The molecule has 3 rings (SSSR count). The van der Waals surface area contributed by atoms with E-state index < -0.39 is 15.7 Å². The van der Waals surface area contributed by atoms with Gasteiger partial charge in [-0.2, -0.15) is 8.42 Å². The Balaban J connectivity index is 2.09. The van der Waals surface area contributed by atoms with Crippen molar-refractivity contribution in [2.45, 2.75) is 24.7 Å². The van der Waals surface area contributed by atoms with E-state index in [2.05, 4.69) is 4.98 Å². The van der Waals surface area contributed by atoms with E-state index >= 15 is 0 Å². The highest BCUT2D eigenvalue weighted by atomic mass is 32.2. The molecule has 0 saturated carbocycles. The summed E-state index contributed by atoms with van der Waals surface area (Å²) in [6, 6.07) is 6.56. The Morgan fingerprint density at radius 2 is 2.08 bits per heavy atom. The first kappa shape index (κ1) is 17.0. The van der Waals surface area contributed by atoms with Gasteiger partial charge in [-0.15, -0.1) is 0 Å². The number of phenolic OH excluding ortho intramolecular Hbond substituents is 1. The van der Waals surface area contributed by atoms with Crippen molar-refractivity contribution in [1.82, 2.24) is 4.98 Å². The Kier molecular flexibility index (Phi) is 4.45. The highest BCUT2D eigenvalue weighted by Gasteiger charge is 2.19. The fraction of sp³-hybridized carbons (Fsp3) is 0.176. The minimum Gasteiger partial charge on any atom is -0.507 e. The van der Waals surface area contributed by atoms with Gasteiger partial charge < -0.3 is 13.7 Å². The summed E-state index contributed by atoms with van der Waals surface area (Å²) in [4.78, 5) is 15.3. The zero-order valence-corrected chi connectivity index (χ0v) is 14.1. The molecule has 1 N–H and O–H groups in total. The molecule has 0 spiro atoms. The third kappa shape index (κ3) is 3.48. The molecule has 0 saturated heterocycles. The number of phenols is 1. The van der Waals surface area contributed by atoms with E-state index in [4.69, 9.17) is 8.60 Å². The third-order valence-corrected chi connectivity index (χ3v) is 4.76. The SMILES string of the molecule is CCCc1cc(=O)oc2cc(OS(=O)(=O)c3cccnc3)cc(O)c12. The lowest BCUT2D eigenvalue weighted by Gasteiger charge is -2.10. The Morgan fingerprint density at radius 1 is 1.28 bits per heavy atom. The lowest BCUT2D eigenvalue weighted by atomic mass is 10.0. The van der Waals surface area contributed by atoms with Gasteiger partial charge in [0.15, 0.2) is 0 Å². The van der Waals surface area contributed by atoms with Gasteiger partial charge in [0, 0.05) is 30.6 Å². The van der Waals surface area contributed by atoms with Crippen LogP contribution in [0.2, 0.25) is 0 Å². The van der Waals surface area contributed by atoms with Crippen molar-refractivity contribution < 1.29 is 22.1 Å². The quantitative estimate of drug-likeness (QED) is 0.550. The van der Waals surface area contributed by atoms with E-state index in [1.807, 2.05) is 6.92 Å². The Morgan fingerprint density at radius 3 is 2.76 bits per heavy atom. The summed E-state index contributed by atoms with van der Waals surface area (Å²) < 4.78 is 34.6. The molecule has 2 heterocycles. The maximum atomic E-state index is 12.2. The molecule has 25 heavy (non-hydrogen) atoms. The van der Waals surface area contributed by atoms with Crippen molar-refractivity contribution in [2.75, 3.05) is 0 Å². The lowest BCUT2D eigenvalue weighted by Crippen LogP contribution is -2.10. The Labute approximate surface area is 143 Å². The molecule has 3 aromatic rings. The first-order valence-electron chi connectivity index (χ1n) is 7.55. The summed E-state index contributed by atoms with van der Waals surface area (Å²) in [5, 5.41) is 10.6. The molecule has 2 aromatic heterocycles. The Hall–Kier alpha value is -2.87. The van der Waals surface area contributed by atoms with Crippen LogP contribution in [0.4, 0.5) is 0 Å². The van der Waals surface area contributed by atoms with Gasteiger partial charge in [0.05, 0.1) is 5.39 Å². The summed E-state index contributed by atoms with van der Waals surface area (Å²) in [7, 11) is -4.12. The van der Waals surface area contributed by atoms with Gasteiger partial charge in [-0.3, -0.25) is 4.98 Å². The number of aromatic hydroxyl groups is 1. The number of benzene rings is 1. The van der Waals surface area contributed by atoms with E-state index in [1.165, 1.54) is 36.5 Å². The van der Waals surface area contributed by atoms with Crippen LogP contribution >= 0.6 is 0 Å². The first-order chi connectivity index (χ1) is 11.9. The van der Waals surface area contributed by atoms with Crippen molar-refractivity contribution in [3.05, 3.63) is 58.7 Å². The predicted molar refractivity (Wildman–Crippen MR) is 90.2 cm³/mol. The van der Waals surface area contributed by atoms with Crippen LogP contribution in [0.15, 0.2) is 56.8 Å². The van der Waals surface area contributed by atoms with Gasteiger partial charge in [-0.05, 0) is 24.1 Å². The molecule has 0 amide bonds. The van der Waals surface area contributed by atoms with Crippen molar-refractivity contribution in [3.8, 4) is 11.5 Å². The molecule has 130 valence electrons. The van der Waals surface area contributed by atoms with Crippen LogP contribution in [0, 0.1) is 0 Å². The molecule has 0 aliphatic rings. The number of aryl methyl sites for hydroxylation is 1. The zero-order chi connectivity index (χ0) is 18.0. The lowest BCUT2D eigenvalue weighted by molar-refractivity contribution is 0.464. The molecule has 0 aliphatic carbocycles. The van der Waals surface area contributed by atoms with Crippen LogP contribution in [-0.2, 0) is 16.5 Å². The number of nitrogens with zero attached hydrogens (tertiary/aromatic N) is 1. The van der Waals surface area contributed by atoms with Crippen molar-refractivity contribution in [1.29, 1.82) is 0 Å². The van der Waals surface area contributed by atoms with Crippen molar-refractivity contribution >= 4 is 21.1 Å². The van der Waals surface area contributed by atoms with E-state index in [-0.39, 0.29) is 22.0 Å². The number of aromatic nitrogens is 1. The minimum atomic E-state index is -4.12. The smallest absolute Gasteiger partial charge is 0.340 e. The monoisotopic (exact) mass is 361 g/mol. The minimum absolute atomic E-state index is 0.0623. The molecule has 0 atom stereocenters. The third-order valence-electron chi connectivity index (χ3n) is 3.53. The largest absolute Gasteiger partial charge is 0.507 e. The van der Waals surface area contributed by atoms with Gasteiger partial charge in [0.2, 0.25) is 0 Å². The van der Waals surface area contributed by atoms with Crippen molar-refractivity contribution in [3.63, 3.8) is 0 Å². The number of rotatable bonds is 5. The maximum Gasteiger partial charge on any atom is 0.340 e. The molecule has 7 nitrogen and oxygen atoms in total. The maximum absolute atomic E-state index is 12.2. The second-order valence-corrected chi connectivity index (χ2v) is 6.93. The molecule has 0 unspecified atom stereocenters. The van der Waals surface area contributed by atoms with Crippen molar-refractivity contribution in [2.24, 2.45) is 0 Å².